The van der Waals surface area contributed by atoms with Gasteiger partial charge < -0.3 is 15.2 Å². The van der Waals surface area contributed by atoms with Crippen LogP contribution in [0.4, 0.5) is 0 Å². The number of rotatable bonds is 3. The normalized spacial score (nSPS) is 15.8. The molecule has 0 fully saturated rings. The van der Waals surface area contributed by atoms with E-state index in [4.69, 9.17) is 15.2 Å². The fourth-order valence-corrected chi connectivity index (χ4v) is 2.77. The molecule has 1 aliphatic rings. The summed E-state index contributed by atoms with van der Waals surface area (Å²) in [7, 11) is 0. The van der Waals surface area contributed by atoms with Crippen molar-refractivity contribution in [1.29, 1.82) is 0 Å². The molecule has 0 spiro atoms. The van der Waals surface area contributed by atoms with Crippen molar-refractivity contribution in [3.63, 3.8) is 0 Å². The Morgan fingerprint density at radius 3 is 2.65 bits per heavy atom. The maximum absolute atomic E-state index is 5.72. The summed E-state index contributed by atoms with van der Waals surface area (Å²) in [6.45, 7) is 6.21. The third kappa shape index (κ3) is 2.43. The summed E-state index contributed by atoms with van der Waals surface area (Å²) in [6, 6.07) is 2.13. The number of nitrogens with two attached hydrogens (primary N) is 1. The van der Waals surface area contributed by atoms with Crippen molar-refractivity contribution in [3.8, 4) is 11.5 Å². The second kappa shape index (κ2) is 5.27. The van der Waals surface area contributed by atoms with Crippen LogP contribution in [0.3, 0.4) is 0 Å². The Bertz CT molecular complexity index is 420. The topological polar surface area (TPSA) is 44.5 Å². The third-order valence-corrected chi connectivity index (χ3v) is 3.77. The van der Waals surface area contributed by atoms with Crippen LogP contribution in [-0.4, -0.2) is 19.8 Å². The molecule has 0 radical (unpaired) electrons. The van der Waals surface area contributed by atoms with Gasteiger partial charge in [0.15, 0.2) is 11.5 Å². The van der Waals surface area contributed by atoms with Crippen LogP contribution in [0.2, 0.25) is 0 Å². The summed E-state index contributed by atoms with van der Waals surface area (Å²) in [5, 5.41) is 0. The molecule has 3 nitrogen and oxygen atoms in total. The fraction of sp³-hybridized carbons (Fsp3) is 0.538. The van der Waals surface area contributed by atoms with Crippen molar-refractivity contribution in [3.05, 3.63) is 21.7 Å². The van der Waals surface area contributed by atoms with Gasteiger partial charge in [-0.25, -0.2) is 0 Å². The van der Waals surface area contributed by atoms with Crippen molar-refractivity contribution >= 4 is 15.9 Å². The zero-order chi connectivity index (χ0) is 12.4. The van der Waals surface area contributed by atoms with Crippen LogP contribution in [0.15, 0.2) is 10.5 Å². The smallest absolute Gasteiger partial charge is 0.175 e. The van der Waals surface area contributed by atoms with Gasteiger partial charge in [0.05, 0.1) is 4.47 Å². The van der Waals surface area contributed by atoms with E-state index in [0.717, 1.165) is 22.4 Å². The van der Waals surface area contributed by atoms with Crippen molar-refractivity contribution in [1.82, 2.24) is 0 Å². The second-order valence-electron chi connectivity index (χ2n) is 4.41. The van der Waals surface area contributed by atoms with Crippen LogP contribution in [0.25, 0.3) is 0 Å². The van der Waals surface area contributed by atoms with E-state index in [1.165, 1.54) is 11.1 Å². The summed E-state index contributed by atoms with van der Waals surface area (Å²) in [4.78, 5) is 0. The minimum atomic E-state index is 0.437. The quantitative estimate of drug-likeness (QED) is 0.933. The van der Waals surface area contributed by atoms with Crippen LogP contribution in [0, 0.1) is 6.92 Å². The van der Waals surface area contributed by atoms with E-state index in [1.54, 1.807) is 0 Å². The van der Waals surface area contributed by atoms with E-state index in [9.17, 15) is 0 Å². The second-order valence-corrected chi connectivity index (χ2v) is 5.26. The number of hydrogen-bond acceptors (Lipinski definition) is 3. The van der Waals surface area contributed by atoms with Gasteiger partial charge in [-0.3, -0.25) is 0 Å². The van der Waals surface area contributed by atoms with E-state index in [0.29, 0.717) is 25.7 Å². The van der Waals surface area contributed by atoms with Gasteiger partial charge in [-0.2, -0.15) is 0 Å². The predicted molar refractivity (Wildman–Crippen MR) is 72.0 cm³/mol. The molecule has 0 aliphatic carbocycles. The molecule has 0 saturated carbocycles. The largest absolute Gasteiger partial charge is 0.486 e. The fourth-order valence-electron chi connectivity index (χ4n) is 2.23. The van der Waals surface area contributed by atoms with Gasteiger partial charge in [0.1, 0.15) is 13.2 Å². The molecule has 2 rings (SSSR count). The van der Waals surface area contributed by atoms with Gasteiger partial charge in [-0.05, 0) is 58.9 Å². The van der Waals surface area contributed by atoms with Crippen molar-refractivity contribution in [2.75, 3.05) is 19.8 Å². The average Bonchev–Trinajstić information content (AvgIpc) is 2.34. The summed E-state index contributed by atoms with van der Waals surface area (Å²) in [5.41, 5.74) is 8.08. The Morgan fingerprint density at radius 2 is 2.00 bits per heavy atom. The number of hydrogen-bond donors (Lipinski definition) is 1. The molecule has 0 amide bonds. The molecule has 17 heavy (non-hydrogen) atoms. The van der Waals surface area contributed by atoms with Gasteiger partial charge in [-0.1, -0.05) is 6.92 Å². The first-order chi connectivity index (χ1) is 8.15. The molecule has 0 saturated heterocycles. The monoisotopic (exact) mass is 299 g/mol. The van der Waals surface area contributed by atoms with Crippen LogP contribution in [0.5, 0.6) is 11.5 Å². The predicted octanol–water partition coefficient (Wildman–Crippen LogP) is 2.98. The van der Waals surface area contributed by atoms with E-state index in [2.05, 4.69) is 35.8 Å². The Balaban J connectivity index is 2.44. The molecule has 0 aromatic heterocycles. The van der Waals surface area contributed by atoms with Gasteiger partial charge in [0.25, 0.3) is 0 Å². The molecule has 1 atom stereocenters. The molecule has 2 N–H and O–H groups in total. The van der Waals surface area contributed by atoms with Crippen molar-refractivity contribution < 1.29 is 9.47 Å². The SMILES string of the molecule is Cc1c(C(C)CCN)cc(Br)c2c1OCCO2. The lowest BCUT2D eigenvalue weighted by Gasteiger charge is -2.25. The highest BCUT2D eigenvalue weighted by molar-refractivity contribution is 9.10. The maximum atomic E-state index is 5.72. The van der Waals surface area contributed by atoms with Crippen molar-refractivity contribution in [2.24, 2.45) is 5.73 Å². The van der Waals surface area contributed by atoms with Gasteiger partial charge in [-0.15, -0.1) is 0 Å². The zero-order valence-corrected chi connectivity index (χ0v) is 11.8. The molecule has 1 aromatic carbocycles. The number of halogens is 1. The number of fused-ring (bicyclic) bond motifs is 1. The minimum Gasteiger partial charge on any atom is -0.486 e. The number of ether oxygens (including phenoxy) is 2. The molecule has 0 bridgehead atoms. The van der Waals surface area contributed by atoms with E-state index >= 15 is 0 Å². The molecule has 1 heterocycles. The van der Waals surface area contributed by atoms with Crippen molar-refractivity contribution in [2.45, 2.75) is 26.2 Å². The van der Waals surface area contributed by atoms with Gasteiger partial charge in [0, 0.05) is 0 Å². The lowest BCUT2D eigenvalue weighted by molar-refractivity contribution is 0.169. The molecular formula is C13H18BrNO2. The Kier molecular flexibility index (Phi) is 3.94. The zero-order valence-electron chi connectivity index (χ0n) is 10.3. The van der Waals surface area contributed by atoms with Crippen LogP contribution in [-0.2, 0) is 0 Å². The molecule has 1 aliphatic heterocycles. The van der Waals surface area contributed by atoms with Crippen LogP contribution in [0.1, 0.15) is 30.4 Å². The molecule has 94 valence electrons. The number of benzene rings is 1. The maximum Gasteiger partial charge on any atom is 0.175 e. The Labute approximate surface area is 110 Å². The first kappa shape index (κ1) is 12.7. The van der Waals surface area contributed by atoms with Gasteiger partial charge in [0.2, 0.25) is 0 Å². The summed E-state index contributed by atoms with van der Waals surface area (Å²) >= 11 is 3.55. The highest BCUT2D eigenvalue weighted by Gasteiger charge is 2.22. The summed E-state index contributed by atoms with van der Waals surface area (Å²) < 4.78 is 12.3. The third-order valence-electron chi connectivity index (χ3n) is 3.19. The lowest BCUT2D eigenvalue weighted by atomic mass is 9.93. The van der Waals surface area contributed by atoms with E-state index < -0.39 is 0 Å². The first-order valence-electron chi connectivity index (χ1n) is 5.93. The van der Waals surface area contributed by atoms with E-state index in [1.807, 2.05) is 0 Å². The summed E-state index contributed by atoms with van der Waals surface area (Å²) in [6.07, 6.45) is 0.979. The average molecular weight is 300 g/mol. The van der Waals surface area contributed by atoms with E-state index in [-0.39, 0.29) is 0 Å². The first-order valence-corrected chi connectivity index (χ1v) is 6.73. The van der Waals surface area contributed by atoms with Crippen LogP contribution >= 0.6 is 15.9 Å². The lowest BCUT2D eigenvalue weighted by Crippen LogP contribution is -2.17. The van der Waals surface area contributed by atoms with Gasteiger partial charge >= 0.3 is 0 Å². The molecule has 1 unspecified atom stereocenters. The van der Waals surface area contributed by atoms with Crippen LogP contribution < -0.4 is 15.2 Å². The standard InChI is InChI=1S/C13H18BrNO2/c1-8(3-4-15)10-7-11(14)13-12(9(10)2)16-5-6-17-13/h7-8H,3-6,15H2,1-2H3. The molecule has 1 aromatic rings. The Morgan fingerprint density at radius 1 is 1.35 bits per heavy atom. The summed E-state index contributed by atoms with van der Waals surface area (Å²) in [5.74, 6) is 2.15. The highest BCUT2D eigenvalue weighted by atomic mass is 79.9. The Hall–Kier alpha value is -0.740. The highest BCUT2D eigenvalue weighted by Crippen LogP contribution is 2.43. The molecule has 4 heteroatoms. The molecular weight excluding hydrogens is 282 g/mol. The minimum absolute atomic E-state index is 0.437.